The van der Waals surface area contributed by atoms with Crippen molar-refractivity contribution in [2.24, 2.45) is 5.41 Å². The lowest BCUT2D eigenvalue weighted by atomic mass is 9.87. The van der Waals surface area contributed by atoms with Crippen molar-refractivity contribution in [3.8, 4) is 0 Å². The van der Waals surface area contributed by atoms with Crippen LogP contribution in [0.15, 0.2) is 49.3 Å². The van der Waals surface area contributed by atoms with Crippen LogP contribution in [0.3, 0.4) is 0 Å². The Hall–Kier alpha value is -3.14. The van der Waals surface area contributed by atoms with Gasteiger partial charge in [-0.15, -0.1) is 0 Å². The van der Waals surface area contributed by atoms with Crippen molar-refractivity contribution >= 4 is 28.6 Å². The highest BCUT2D eigenvalue weighted by atomic mass is 19.1. The number of anilines is 2. The van der Waals surface area contributed by atoms with E-state index >= 15 is 0 Å². The van der Waals surface area contributed by atoms with Gasteiger partial charge in [-0.05, 0) is 67.3 Å². The summed E-state index contributed by atoms with van der Waals surface area (Å²) in [5.74, 6) is -0.245. The summed E-state index contributed by atoms with van der Waals surface area (Å²) in [6, 6.07) is 8.85. The molecule has 8 nitrogen and oxygen atoms in total. The molecule has 0 saturated carbocycles. The maximum Gasteiger partial charge on any atom is 0.234 e. The zero-order valence-electron chi connectivity index (χ0n) is 22.2. The fourth-order valence-electron chi connectivity index (χ4n) is 5.45. The van der Waals surface area contributed by atoms with Gasteiger partial charge in [0.2, 0.25) is 5.91 Å². The van der Waals surface area contributed by atoms with E-state index in [4.69, 9.17) is 5.73 Å². The van der Waals surface area contributed by atoms with Crippen molar-refractivity contribution in [3.63, 3.8) is 0 Å². The van der Waals surface area contributed by atoms with Crippen LogP contribution in [-0.4, -0.2) is 78.6 Å². The van der Waals surface area contributed by atoms with Gasteiger partial charge in [-0.2, -0.15) is 0 Å². The second kappa shape index (κ2) is 12.6. The number of nitrogens with two attached hydrogens (primary N) is 1. The summed E-state index contributed by atoms with van der Waals surface area (Å²) < 4.78 is 14.3. The lowest BCUT2D eigenvalue weighted by Gasteiger charge is -2.25. The van der Waals surface area contributed by atoms with E-state index in [1.165, 1.54) is 0 Å². The summed E-state index contributed by atoms with van der Waals surface area (Å²) in [4.78, 5) is 34.2. The predicted molar refractivity (Wildman–Crippen MR) is 149 cm³/mol. The molecule has 0 aliphatic carbocycles. The molecule has 2 aliphatic heterocycles. The summed E-state index contributed by atoms with van der Waals surface area (Å²) in [7, 11) is 0. The van der Waals surface area contributed by atoms with Gasteiger partial charge in [0.05, 0.1) is 18.1 Å². The number of ketones is 1. The maximum absolute atomic E-state index is 14.3. The normalized spacial score (nSPS) is 22.0. The molecule has 1 aromatic carbocycles. The van der Waals surface area contributed by atoms with Crippen molar-refractivity contribution in [1.29, 1.82) is 0 Å². The fraction of sp³-hybridized carbons (Fsp3) is 0.483. The van der Waals surface area contributed by atoms with Gasteiger partial charge in [0.25, 0.3) is 0 Å². The summed E-state index contributed by atoms with van der Waals surface area (Å²) in [6.45, 7) is 9.42. The minimum atomic E-state index is -1.18. The van der Waals surface area contributed by atoms with E-state index in [2.05, 4.69) is 34.0 Å². The van der Waals surface area contributed by atoms with E-state index in [1.807, 2.05) is 17.0 Å². The number of alkyl halides is 1. The predicted octanol–water partition coefficient (Wildman–Crippen LogP) is 3.32. The Morgan fingerprint density at radius 2 is 2.05 bits per heavy atom. The Morgan fingerprint density at radius 3 is 2.79 bits per heavy atom. The number of likely N-dealkylation sites (tertiary alicyclic amines) is 1. The number of nitrogens with zero attached hydrogens (tertiary/aromatic N) is 3. The maximum atomic E-state index is 14.3. The Labute approximate surface area is 224 Å². The minimum Gasteiger partial charge on any atom is -0.398 e. The van der Waals surface area contributed by atoms with Crippen molar-refractivity contribution in [2.45, 2.75) is 38.8 Å². The van der Waals surface area contributed by atoms with Gasteiger partial charge in [-0.3, -0.25) is 24.4 Å². The number of carbonyl (C=O) groups is 2. The molecule has 1 amide bonds. The Kier molecular flexibility index (Phi) is 9.25. The third kappa shape index (κ3) is 6.46. The molecule has 2 aliphatic rings. The number of pyridine rings is 1. The molecular weight excluding hydrogens is 483 g/mol. The zero-order chi connectivity index (χ0) is 27.1. The van der Waals surface area contributed by atoms with E-state index in [0.717, 1.165) is 38.0 Å². The van der Waals surface area contributed by atoms with Crippen molar-refractivity contribution in [1.82, 2.24) is 20.1 Å². The standard InChI is InChI=1S/C29H39FN6O2/c1-3-27-33-13-16-36(27)14-4-5-24(37)18-35-15-10-29(19-30,20-35)28(38)34-23-6-7-26(31)25(17-23)21(2)22-8-11-32-12-9-22/h6-9,11-12,17,27,33H,2-5,10,13-16,18-20,31H2,1H3,(H,34,38). The summed E-state index contributed by atoms with van der Waals surface area (Å²) in [6.07, 6.45) is 6.47. The fourth-order valence-corrected chi connectivity index (χ4v) is 5.45. The van der Waals surface area contributed by atoms with Crippen LogP contribution < -0.4 is 16.4 Å². The number of benzene rings is 1. The molecule has 9 heteroatoms. The molecule has 2 atom stereocenters. The number of aromatic nitrogens is 1. The SMILES string of the molecule is C=C(c1ccncc1)c1cc(NC(=O)C2(CF)CCN(CC(=O)CCCN3CCNC3CC)C2)ccc1N. The summed E-state index contributed by atoms with van der Waals surface area (Å²) >= 11 is 0. The largest absolute Gasteiger partial charge is 0.398 e. The molecule has 38 heavy (non-hydrogen) atoms. The molecule has 0 spiro atoms. The number of carbonyl (C=O) groups excluding carboxylic acids is 2. The van der Waals surface area contributed by atoms with E-state index in [1.54, 1.807) is 30.6 Å². The number of hydrogen-bond donors (Lipinski definition) is 3. The number of nitrogen functional groups attached to an aromatic ring is 1. The van der Waals surface area contributed by atoms with Gasteiger partial charge in [0, 0.05) is 61.9 Å². The smallest absolute Gasteiger partial charge is 0.234 e. The highest BCUT2D eigenvalue weighted by Gasteiger charge is 2.45. The number of nitrogens with one attached hydrogen (secondary N) is 2. The lowest BCUT2D eigenvalue weighted by Crippen LogP contribution is -2.41. The highest BCUT2D eigenvalue weighted by molar-refractivity contribution is 5.97. The van der Waals surface area contributed by atoms with Crippen molar-refractivity contribution < 1.29 is 14.0 Å². The van der Waals surface area contributed by atoms with Crippen LogP contribution in [0.1, 0.15) is 43.7 Å². The second-order valence-corrected chi connectivity index (χ2v) is 10.4. The van der Waals surface area contributed by atoms with Crippen LogP contribution in [0, 0.1) is 5.41 Å². The monoisotopic (exact) mass is 522 g/mol. The van der Waals surface area contributed by atoms with Crippen molar-refractivity contribution in [3.05, 3.63) is 60.4 Å². The van der Waals surface area contributed by atoms with Crippen LogP contribution in [0.25, 0.3) is 5.57 Å². The zero-order valence-corrected chi connectivity index (χ0v) is 22.2. The van der Waals surface area contributed by atoms with E-state index in [0.29, 0.717) is 48.1 Å². The quantitative estimate of drug-likeness (QED) is 0.368. The van der Waals surface area contributed by atoms with Gasteiger partial charge in [-0.25, -0.2) is 4.39 Å². The first kappa shape index (κ1) is 27.9. The van der Waals surface area contributed by atoms with Gasteiger partial charge in [-0.1, -0.05) is 13.5 Å². The molecule has 2 fully saturated rings. The molecule has 2 aromatic rings. The molecule has 2 saturated heterocycles. The van der Waals surface area contributed by atoms with Gasteiger partial charge in [0.1, 0.15) is 12.5 Å². The first-order valence-electron chi connectivity index (χ1n) is 13.4. The molecule has 204 valence electrons. The average molecular weight is 523 g/mol. The Balaban J connectivity index is 1.32. The summed E-state index contributed by atoms with van der Waals surface area (Å²) in [5.41, 5.74) is 8.33. The van der Waals surface area contributed by atoms with Gasteiger partial charge >= 0.3 is 0 Å². The number of halogens is 1. The molecule has 4 N–H and O–H groups in total. The molecule has 2 unspecified atom stereocenters. The number of hydrogen-bond acceptors (Lipinski definition) is 7. The average Bonchev–Trinajstić information content (AvgIpc) is 3.57. The Morgan fingerprint density at radius 1 is 1.26 bits per heavy atom. The van der Waals surface area contributed by atoms with Gasteiger partial charge in [0.15, 0.2) is 0 Å². The minimum absolute atomic E-state index is 0.137. The number of rotatable bonds is 12. The van der Waals surface area contributed by atoms with Crippen LogP contribution in [-0.2, 0) is 9.59 Å². The first-order chi connectivity index (χ1) is 18.3. The summed E-state index contributed by atoms with van der Waals surface area (Å²) in [5, 5.41) is 6.35. The van der Waals surface area contributed by atoms with Crippen LogP contribution in [0.5, 0.6) is 0 Å². The number of Topliss-reactive ketones (excluding diaryl/α,β-unsaturated/α-hetero) is 1. The highest BCUT2D eigenvalue weighted by Crippen LogP contribution is 2.34. The third-order valence-electron chi connectivity index (χ3n) is 7.74. The molecule has 0 radical (unpaired) electrons. The Bertz CT molecular complexity index is 1140. The third-order valence-corrected chi connectivity index (χ3v) is 7.74. The van der Waals surface area contributed by atoms with Crippen LogP contribution in [0.2, 0.25) is 0 Å². The van der Waals surface area contributed by atoms with Crippen LogP contribution in [0.4, 0.5) is 15.8 Å². The lowest BCUT2D eigenvalue weighted by molar-refractivity contribution is -0.126. The van der Waals surface area contributed by atoms with Crippen LogP contribution >= 0.6 is 0 Å². The molecule has 4 rings (SSSR count). The molecule has 0 bridgehead atoms. The molecule has 1 aromatic heterocycles. The molecular formula is C29H39FN6O2. The second-order valence-electron chi connectivity index (χ2n) is 10.4. The first-order valence-corrected chi connectivity index (χ1v) is 13.4. The van der Waals surface area contributed by atoms with E-state index < -0.39 is 12.1 Å². The van der Waals surface area contributed by atoms with E-state index in [9.17, 15) is 14.0 Å². The van der Waals surface area contributed by atoms with Crippen molar-refractivity contribution in [2.75, 3.05) is 57.0 Å². The topological polar surface area (TPSA) is 104 Å². The number of amides is 1. The van der Waals surface area contributed by atoms with Gasteiger partial charge < -0.3 is 16.4 Å². The van der Waals surface area contributed by atoms with E-state index in [-0.39, 0.29) is 24.8 Å². The molecule has 3 heterocycles.